The lowest BCUT2D eigenvalue weighted by atomic mass is 10.1. The van der Waals surface area contributed by atoms with E-state index in [4.69, 9.17) is 4.74 Å². The topological polar surface area (TPSA) is 9.23 Å². The van der Waals surface area contributed by atoms with Gasteiger partial charge in [0.25, 0.3) is 0 Å². The van der Waals surface area contributed by atoms with E-state index in [1.807, 2.05) is 0 Å². The summed E-state index contributed by atoms with van der Waals surface area (Å²) in [5, 5.41) is 0. The highest BCUT2D eigenvalue weighted by Crippen LogP contribution is 2.24. The van der Waals surface area contributed by atoms with Gasteiger partial charge in [0.05, 0.1) is 0 Å². The Morgan fingerprint density at radius 1 is 1.27 bits per heavy atom. The van der Waals surface area contributed by atoms with Crippen LogP contribution in [0.4, 0.5) is 0 Å². The van der Waals surface area contributed by atoms with Crippen molar-refractivity contribution in [3.05, 3.63) is 0 Å². The summed E-state index contributed by atoms with van der Waals surface area (Å²) in [7, 11) is 0. The van der Waals surface area contributed by atoms with E-state index in [1.165, 1.54) is 38.5 Å². The number of hydrogen-bond donors (Lipinski definition) is 0. The SMILES string of the molecule is CCCCOCC1CCCC1. The Hall–Kier alpha value is -0.0400. The highest BCUT2D eigenvalue weighted by atomic mass is 16.5. The quantitative estimate of drug-likeness (QED) is 0.556. The van der Waals surface area contributed by atoms with Crippen LogP contribution in [0.5, 0.6) is 0 Å². The Labute approximate surface area is 70.1 Å². The summed E-state index contributed by atoms with van der Waals surface area (Å²) in [5.74, 6) is 0.895. The second-order valence-electron chi connectivity index (χ2n) is 3.58. The van der Waals surface area contributed by atoms with Crippen LogP contribution in [0.2, 0.25) is 0 Å². The molecule has 1 heteroatoms. The zero-order chi connectivity index (χ0) is 7.94. The van der Waals surface area contributed by atoms with Crippen LogP contribution in [0.3, 0.4) is 0 Å². The van der Waals surface area contributed by atoms with Crippen molar-refractivity contribution in [2.45, 2.75) is 45.4 Å². The third-order valence-corrected chi connectivity index (χ3v) is 2.47. The van der Waals surface area contributed by atoms with Crippen molar-refractivity contribution in [1.82, 2.24) is 0 Å². The Bertz CT molecular complexity index is 84.9. The third kappa shape index (κ3) is 3.76. The Morgan fingerprint density at radius 3 is 2.64 bits per heavy atom. The van der Waals surface area contributed by atoms with E-state index in [-0.39, 0.29) is 0 Å². The van der Waals surface area contributed by atoms with Crippen LogP contribution in [0.1, 0.15) is 45.4 Å². The molecule has 0 unspecified atom stereocenters. The molecule has 0 bridgehead atoms. The molecule has 0 saturated heterocycles. The van der Waals surface area contributed by atoms with E-state index in [1.54, 1.807) is 0 Å². The van der Waals surface area contributed by atoms with E-state index >= 15 is 0 Å². The maximum absolute atomic E-state index is 5.56. The van der Waals surface area contributed by atoms with Gasteiger partial charge in [-0.2, -0.15) is 0 Å². The molecule has 1 aliphatic rings. The van der Waals surface area contributed by atoms with Crippen molar-refractivity contribution in [2.75, 3.05) is 13.2 Å². The predicted molar refractivity (Wildman–Crippen MR) is 47.7 cm³/mol. The van der Waals surface area contributed by atoms with Crippen molar-refractivity contribution >= 4 is 0 Å². The lowest BCUT2D eigenvalue weighted by Crippen LogP contribution is -2.05. The molecule has 0 aromatic carbocycles. The van der Waals surface area contributed by atoms with Crippen molar-refractivity contribution in [1.29, 1.82) is 0 Å². The molecule has 0 aromatic heterocycles. The summed E-state index contributed by atoms with van der Waals surface area (Å²) >= 11 is 0. The van der Waals surface area contributed by atoms with E-state index in [0.29, 0.717) is 0 Å². The maximum atomic E-state index is 5.56. The van der Waals surface area contributed by atoms with E-state index in [0.717, 1.165) is 19.1 Å². The minimum atomic E-state index is 0.895. The summed E-state index contributed by atoms with van der Waals surface area (Å²) in [5.41, 5.74) is 0. The van der Waals surface area contributed by atoms with Gasteiger partial charge in [-0.15, -0.1) is 0 Å². The smallest absolute Gasteiger partial charge is 0.0494 e. The van der Waals surface area contributed by atoms with Gasteiger partial charge in [0, 0.05) is 13.2 Å². The average Bonchev–Trinajstić information content (AvgIpc) is 2.50. The summed E-state index contributed by atoms with van der Waals surface area (Å²) in [6.45, 7) is 4.21. The molecule has 0 spiro atoms. The Morgan fingerprint density at radius 2 is 2.00 bits per heavy atom. The van der Waals surface area contributed by atoms with Crippen LogP contribution in [0.25, 0.3) is 0 Å². The van der Waals surface area contributed by atoms with Gasteiger partial charge in [-0.3, -0.25) is 0 Å². The lowest BCUT2D eigenvalue weighted by Gasteiger charge is -2.08. The first-order chi connectivity index (χ1) is 5.43. The first-order valence-electron chi connectivity index (χ1n) is 5.01. The summed E-state index contributed by atoms with van der Waals surface area (Å²) in [4.78, 5) is 0. The van der Waals surface area contributed by atoms with Crippen molar-refractivity contribution < 1.29 is 4.74 Å². The fourth-order valence-corrected chi connectivity index (χ4v) is 1.67. The molecule has 11 heavy (non-hydrogen) atoms. The molecular weight excluding hydrogens is 136 g/mol. The average molecular weight is 156 g/mol. The van der Waals surface area contributed by atoms with Gasteiger partial charge < -0.3 is 4.74 Å². The highest BCUT2D eigenvalue weighted by molar-refractivity contribution is 4.66. The monoisotopic (exact) mass is 156 g/mol. The molecule has 1 rings (SSSR count). The molecule has 1 fully saturated rings. The zero-order valence-corrected chi connectivity index (χ0v) is 7.64. The zero-order valence-electron chi connectivity index (χ0n) is 7.64. The van der Waals surface area contributed by atoms with Crippen molar-refractivity contribution in [2.24, 2.45) is 5.92 Å². The van der Waals surface area contributed by atoms with Gasteiger partial charge in [-0.1, -0.05) is 26.2 Å². The molecule has 0 aromatic rings. The molecule has 66 valence electrons. The normalized spacial score (nSPS) is 19.4. The Balaban J connectivity index is 1.86. The Kier molecular flexibility index (Phi) is 4.60. The van der Waals surface area contributed by atoms with Crippen LogP contribution >= 0.6 is 0 Å². The first-order valence-corrected chi connectivity index (χ1v) is 5.01. The number of hydrogen-bond acceptors (Lipinski definition) is 1. The fraction of sp³-hybridized carbons (Fsp3) is 1.00. The number of unbranched alkanes of at least 4 members (excludes halogenated alkanes) is 1. The lowest BCUT2D eigenvalue weighted by molar-refractivity contribution is 0.0990. The van der Waals surface area contributed by atoms with Crippen LogP contribution in [0.15, 0.2) is 0 Å². The first kappa shape index (κ1) is 9.05. The van der Waals surface area contributed by atoms with Crippen LogP contribution in [-0.4, -0.2) is 13.2 Å². The van der Waals surface area contributed by atoms with Gasteiger partial charge in [-0.05, 0) is 25.2 Å². The molecule has 0 amide bonds. The second-order valence-corrected chi connectivity index (χ2v) is 3.58. The van der Waals surface area contributed by atoms with Gasteiger partial charge in [0.1, 0.15) is 0 Å². The summed E-state index contributed by atoms with van der Waals surface area (Å²) < 4.78 is 5.56. The molecule has 0 N–H and O–H groups in total. The highest BCUT2D eigenvalue weighted by Gasteiger charge is 2.14. The predicted octanol–water partition coefficient (Wildman–Crippen LogP) is 2.99. The fourth-order valence-electron chi connectivity index (χ4n) is 1.67. The molecule has 1 saturated carbocycles. The van der Waals surface area contributed by atoms with Crippen LogP contribution in [-0.2, 0) is 4.74 Å². The summed E-state index contributed by atoms with van der Waals surface area (Å²) in [6.07, 6.45) is 8.17. The molecule has 0 aliphatic heterocycles. The molecule has 0 radical (unpaired) electrons. The van der Waals surface area contributed by atoms with Gasteiger partial charge in [0.15, 0.2) is 0 Å². The van der Waals surface area contributed by atoms with Crippen molar-refractivity contribution in [3.63, 3.8) is 0 Å². The van der Waals surface area contributed by atoms with Crippen LogP contribution in [0, 0.1) is 5.92 Å². The van der Waals surface area contributed by atoms with Crippen LogP contribution < -0.4 is 0 Å². The maximum Gasteiger partial charge on any atom is 0.0494 e. The second kappa shape index (κ2) is 5.59. The summed E-state index contributed by atoms with van der Waals surface area (Å²) in [6, 6.07) is 0. The standard InChI is InChI=1S/C10H20O/c1-2-3-8-11-9-10-6-4-5-7-10/h10H,2-9H2,1H3. The van der Waals surface area contributed by atoms with Gasteiger partial charge in [0.2, 0.25) is 0 Å². The largest absolute Gasteiger partial charge is 0.381 e. The minimum Gasteiger partial charge on any atom is -0.381 e. The van der Waals surface area contributed by atoms with Crippen molar-refractivity contribution in [3.8, 4) is 0 Å². The molecule has 1 aliphatic carbocycles. The molecule has 0 heterocycles. The number of ether oxygens (including phenoxy) is 1. The van der Waals surface area contributed by atoms with E-state index < -0.39 is 0 Å². The molecular formula is C10H20O. The third-order valence-electron chi connectivity index (χ3n) is 2.47. The van der Waals surface area contributed by atoms with Gasteiger partial charge >= 0.3 is 0 Å². The number of rotatable bonds is 5. The van der Waals surface area contributed by atoms with E-state index in [9.17, 15) is 0 Å². The minimum absolute atomic E-state index is 0.895. The van der Waals surface area contributed by atoms with Gasteiger partial charge in [-0.25, -0.2) is 0 Å². The van der Waals surface area contributed by atoms with E-state index in [2.05, 4.69) is 6.92 Å². The molecule has 1 nitrogen and oxygen atoms in total. The molecule has 0 atom stereocenters.